The molecule has 0 aromatic heterocycles. The summed E-state index contributed by atoms with van der Waals surface area (Å²) in [6, 6.07) is 10.1. The van der Waals surface area contributed by atoms with E-state index in [1.54, 1.807) is 0 Å². The van der Waals surface area contributed by atoms with Crippen molar-refractivity contribution in [3.63, 3.8) is 0 Å². The third kappa shape index (κ3) is 6.60. The van der Waals surface area contributed by atoms with Crippen molar-refractivity contribution in [1.29, 1.82) is 0 Å². The Morgan fingerprint density at radius 1 is 0.947 bits per heavy atom. The molecule has 1 aromatic rings. The Kier molecular flexibility index (Phi) is 7.32. The second kappa shape index (κ2) is 9.14. The summed E-state index contributed by atoms with van der Waals surface area (Å²) >= 11 is 0. The molecule has 104 valence electrons. The van der Waals surface area contributed by atoms with Crippen molar-refractivity contribution in [2.75, 3.05) is 13.1 Å². The molecule has 0 radical (unpaired) electrons. The zero-order valence-electron chi connectivity index (χ0n) is 11.4. The first kappa shape index (κ1) is 15.2. The van der Waals surface area contributed by atoms with Crippen LogP contribution in [0.2, 0.25) is 0 Å². The smallest absolute Gasteiger partial charge is 0.309 e. The quantitative estimate of drug-likeness (QED) is 0.580. The molecule has 19 heavy (non-hydrogen) atoms. The van der Waals surface area contributed by atoms with Crippen LogP contribution in [0.3, 0.4) is 0 Å². The minimum absolute atomic E-state index is 0.523. The highest BCUT2D eigenvalue weighted by molar-refractivity contribution is 6.35. The number of amides is 2. The molecule has 4 nitrogen and oxygen atoms in total. The van der Waals surface area contributed by atoms with E-state index < -0.39 is 11.8 Å². The van der Waals surface area contributed by atoms with Gasteiger partial charge in [0.05, 0.1) is 0 Å². The first-order chi connectivity index (χ1) is 9.24. The van der Waals surface area contributed by atoms with Crippen LogP contribution in [0.25, 0.3) is 0 Å². The molecule has 1 aromatic carbocycles. The van der Waals surface area contributed by atoms with Gasteiger partial charge in [0.1, 0.15) is 0 Å². The minimum Gasteiger partial charge on any atom is -0.348 e. The molecule has 0 aliphatic rings. The van der Waals surface area contributed by atoms with Crippen molar-refractivity contribution in [3.8, 4) is 0 Å². The molecule has 0 fully saturated rings. The molecule has 0 saturated heterocycles. The molecular formula is C15H22N2O2. The highest BCUT2D eigenvalue weighted by atomic mass is 16.2. The molecule has 0 bridgehead atoms. The predicted molar refractivity (Wildman–Crippen MR) is 75.7 cm³/mol. The Bertz CT molecular complexity index is 390. The van der Waals surface area contributed by atoms with Gasteiger partial charge in [-0.15, -0.1) is 0 Å². The number of carbonyl (C=O) groups is 2. The highest BCUT2D eigenvalue weighted by Gasteiger charge is 2.11. The van der Waals surface area contributed by atoms with Crippen molar-refractivity contribution in [3.05, 3.63) is 35.9 Å². The molecule has 0 spiro atoms. The van der Waals surface area contributed by atoms with Gasteiger partial charge in [-0.3, -0.25) is 9.59 Å². The first-order valence-corrected chi connectivity index (χ1v) is 6.84. The summed E-state index contributed by atoms with van der Waals surface area (Å²) in [5, 5.41) is 5.22. The molecule has 2 amide bonds. The van der Waals surface area contributed by atoms with E-state index in [0.29, 0.717) is 13.1 Å². The molecule has 4 heteroatoms. The normalized spacial score (nSPS) is 9.95. The largest absolute Gasteiger partial charge is 0.348 e. The Hall–Kier alpha value is -1.84. The maximum Gasteiger partial charge on any atom is 0.309 e. The standard InChI is InChI=1S/C15H22N2O2/c1-2-3-11-16-14(18)15(19)17-12-7-10-13-8-5-4-6-9-13/h4-6,8-9H,2-3,7,10-12H2,1H3,(H,16,18)(H,17,19). The summed E-state index contributed by atoms with van der Waals surface area (Å²) < 4.78 is 0. The lowest BCUT2D eigenvalue weighted by Gasteiger charge is -2.06. The zero-order chi connectivity index (χ0) is 13.9. The second-order valence-corrected chi connectivity index (χ2v) is 4.45. The average Bonchev–Trinajstić information content (AvgIpc) is 2.44. The molecule has 0 unspecified atom stereocenters. The number of hydrogen-bond acceptors (Lipinski definition) is 2. The van der Waals surface area contributed by atoms with Crippen LogP contribution in [0.4, 0.5) is 0 Å². The first-order valence-electron chi connectivity index (χ1n) is 6.84. The Balaban J connectivity index is 2.11. The van der Waals surface area contributed by atoms with Crippen LogP contribution < -0.4 is 10.6 Å². The van der Waals surface area contributed by atoms with Gasteiger partial charge in [0, 0.05) is 13.1 Å². The lowest BCUT2D eigenvalue weighted by atomic mass is 10.1. The van der Waals surface area contributed by atoms with E-state index in [-0.39, 0.29) is 0 Å². The van der Waals surface area contributed by atoms with E-state index in [0.717, 1.165) is 25.7 Å². The van der Waals surface area contributed by atoms with Crippen LogP contribution in [0.1, 0.15) is 31.7 Å². The van der Waals surface area contributed by atoms with Crippen LogP contribution in [-0.4, -0.2) is 24.9 Å². The fraction of sp³-hybridized carbons (Fsp3) is 0.467. The van der Waals surface area contributed by atoms with E-state index >= 15 is 0 Å². The number of benzene rings is 1. The summed E-state index contributed by atoms with van der Waals surface area (Å²) in [4.78, 5) is 22.8. The summed E-state index contributed by atoms with van der Waals surface area (Å²) in [6.45, 7) is 3.12. The number of rotatable bonds is 7. The molecular weight excluding hydrogens is 240 g/mol. The predicted octanol–water partition coefficient (Wildman–Crippen LogP) is 1.65. The van der Waals surface area contributed by atoms with E-state index in [9.17, 15) is 9.59 Å². The summed E-state index contributed by atoms with van der Waals surface area (Å²) in [5.41, 5.74) is 1.24. The van der Waals surface area contributed by atoms with Crippen molar-refractivity contribution in [2.24, 2.45) is 0 Å². The third-order valence-corrected chi connectivity index (χ3v) is 2.79. The Morgan fingerprint density at radius 3 is 2.11 bits per heavy atom. The lowest BCUT2D eigenvalue weighted by molar-refractivity contribution is -0.139. The average molecular weight is 262 g/mol. The number of hydrogen-bond donors (Lipinski definition) is 2. The van der Waals surface area contributed by atoms with E-state index in [4.69, 9.17) is 0 Å². The number of carbonyl (C=O) groups excluding carboxylic acids is 2. The number of aryl methyl sites for hydroxylation is 1. The number of unbranched alkanes of at least 4 members (excludes halogenated alkanes) is 1. The van der Waals surface area contributed by atoms with Gasteiger partial charge >= 0.3 is 11.8 Å². The van der Waals surface area contributed by atoms with Gasteiger partial charge < -0.3 is 10.6 Å². The maximum absolute atomic E-state index is 11.4. The summed E-state index contributed by atoms with van der Waals surface area (Å²) in [5.74, 6) is -1.07. The highest BCUT2D eigenvalue weighted by Crippen LogP contribution is 2.01. The Morgan fingerprint density at radius 2 is 1.53 bits per heavy atom. The molecule has 1 rings (SSSR count). The van der Waals surface area contributed by atoms with Crippen molar-refractivity contribution in [2.45, 2.75) is 32.6 Å². The van der Waals surface area contributed by atoms with Crippen molar-refractivity contribution in [1.82, 2.24) is 10.6 Å². The fourth-order valence-electron chi connectivity index (χ4n) is 1.68. The van der Waals surface area contributed by atoms with Crippen LogP contribution in [0, 0.1) is 0 Å². The minimum atomic E-state index is -0.538. The zero-order valence-corrected chi connectivity index (χ0v) is 11.4. The SMILES string of the molecule is CCCCNC(=O)C(=O)NCCCc1ccccc1. The van der Waals surface area contributed by atoms with Crippen LogP contribution in [0.5, 0.6) is 0 Å². The second-order valence-electron chi connectivity index (χ2n) is 4.45. The van der Waals surface area contributed by atoms with Crippen LogP contribution >= 0.6 is 0 Å². The van der Waals surface area contributed by atoms with Gasteiger partial charge in [0.25, 0.3) is 0 Å². The summed E-state index contributed by atoms with van der Waals surface area (Å²) in [6.07, 6.45) is 3.63. The van der Waals surface area contributed by atoms with Crippen molar-refractivity contribution < 1.29 is 9.59 Å². The maximum atomic E-state index is 11.4. The fourth-order valence-corrected chi connectivity index (χ4v) is 1.68. The molecule has 0 heterocycles. The summed E-state index contributed by atoms with van der Waals surface area (Å²) in [7, 11) is 0. The molecule has 0 aliphatic carbocycles. The van der Waals surface area contributed by atoms with Gasteiger partial charge in [-0.25, -0.2) is 0 Å². The number of nitrogens with one attached hydrogen (secondary N) is 2. The van der Waals surface area contributed by atoms with Gasteiger partial charge in [0.2, 0.25) is 0 Å². The topological polar surface area (TPSA) is 58.2 Å². The monoisotopic (exact) mass is 262 g/mol. The van der Waals surface area contributed by atoms with Gasteiger partial charge in [-0.1, -0.05) is 43.7 Å². The van der Waals surface area contributed by atoms with E-state index in [1.165, 1.54) is 5.56 Å². The van der Waals surface area contributed by atoms with Gasteiger partial charge in [0.15, 0.2) is 0 Å². The third-order valence-electron chi connectivity index (χ3n) is 2.79. The van der Waals surface area contributed by atoms with Crippen molar-refractivity contribution >= 4 is 11.8 Å². The van der Waals surface area contributed by atoms with Crippen LogP contribution in [0.15, 0.2) is 30.3 Å². The lowest BCUT2D eigenvalue weighted by Crippen LogP contribution is -2.40. The Labute approximate surface area is 114 Å². The molecule has 0 aliphatic heterocycles. The molecule has 0 saturated carbocycles. The van der Waals surface area contributed by atoms with E-state index in [2.05, 4.69) is 22.8 Å². The van der Waals surface area contributed by atoms with E-state index in [1.807, 2.05) is 25.1 Å². The molecule has 0 atom stereocenters. The van der Waals surface area contributed by atoms with Crippen LogP contribution in [-0.2, 0) is 16.0 Å². The van der Waals surface area contributed by atoms with Gasteiger partial charge in [-0.2, -0.15) is 0 Å². The molecule has 2 N–H and O–H groups in total. The van der Waals surface area contributed by atoms with Gasteiger partial charge in [-0.05, 0) is 24.8 Å².